The molecule has 0 saturated heterocycles. The first-order valence-corrected chi connectivity index (χ1v) is 6.21. The molecule has 0 saturated carbocycles. The first-order chi connectivity index (χ1) is 7.77. The van der Waals surface area contributed by atoms with Gasteiger partial charge in [-0.15, -0.1) is 0 Å². The highest BCUT2D eigenvalue weighted by atomic mass is 15.3. The van der Waals surface area contributed by atoms with Gasteiger partial charge in [-0.3, -0.25) is 4.68 Å². The third-order valence-electron chi connectivity index (χ3n) is 2.46. The molecule has 0 radical (unpaired) electrons. The minimum absolute atomic E-state index is 0.421. The van der Waals surface area contributed by atoms with Gasteiger partial charge in [0.2, 0.25) is 0 Å². The molecule has 3 nitrogen and oxygen atoms in total. The zero-order valence-electron chi connectivity index (χ0n) is 10.6. The minimum atomic E-state index is 0.421. The second kappa shape index (κ2) is 7.23. The Labute approximate surface area is 98.5 Å². The van der Waals surface area contributed by atoms with Crippen molar-refractivity contribution in [2.24, 2.45) is 0 Å². The van der Waals surface area contributed by atoms with E-state index in [0.717, 1.165) is 19.5 Å². The van der Waals surface area contributed by atoms with Crippen molar-refractivity contribution in [3.05, 3.63) is 24.0 Å². The molecule has 1 unspecified atom stereocenters. The molecule has 0 aromatic carbocycles. The van der Waals surface area contributed by atoms with Crippen LogP contribution in [0.15, 0.2) is 18.3 Å². The van der Waals surface area contributed by atoms with E-state index in [2.05, 4.69) is 49.4 Å². The predicted octanol–water partition coefficient (Wildman–Crippen LogP) is 2.69. The lowest BCUT2D eigenvalue weighted by molar-refractivity contribution is 0.596. The topological polar surface area (TPSA) is 29.9 Å². The van der Waals surface area contributed by atoms with Crippen LogP contribution in [0.1, 0.15) is 39.3 Å². The van der Waals surface area contributed by atoms with E-state index in [0.29, 0.717) is 6.04 Å². The zero-order valence-corrected chi connectivity index (χ0v) is 10.6. The van der Waals surface area contributed by atoms with Crippen molar-refractivity contribution in [2.45, 2.75) is 46.2 Å². The van der Waals surface area contributed by atoms with Gasteiger partial charge < -0.3 is 5.32 Å². The Bertz CT molecular complexity index is 315. The highest BCUT2D eigenvalue weighted by Gasteiger charge is 1.98. The summed E-state index contributed by atoms with van der Waals surface area (Å²) in [6, 6.07) is 2.48. The first-order valence-electron chi connectivity index (χ1n) is 6.21. The monoisotopic (exact) mass is 221 g/mol. The average Bonchev–Trinajstić information content (AvgIpc) is 2.72. The molecule has 1 rings (SSSR count). The van der Waals surface area contributed by atoms with Gasteiger partial charge in [-0.25, -0.2) is 0 Å². The van der Waals surface area contributed by atoms with Gasteiger partial charge in [0.15, 0.2) is 0 Å². The molecular weight excluding hydrogens is 198 g/mol. The standard InChI is InChI=1S/C13H23N3/c1-4-9-14-12(3)6-7-13-8-10-15-16(13)11-5-2/h6-8,10,12,14H,4-5,9,11H2,1-3H3/b7-6+. The van der Waals surface area contributed by atoms with E-state index in [4.69, 9.17) is 0 Å². The number of aryl methyl sites for hydroxylation is 1. The van der Waals surface area contributed by atoms with Crippen LogP contribution >= 0.6 is 0 Å². The van der Waals surface area contributed by atoms with E-state index in [9.17, 15) is 0 Å². The molecule has 16 heavy (non-hydrogen) atoms. The molecule has 0 aliphatic heterocycles. The highest BCUT2D eigenvalue weighted by molar-refractivity contribution is 5.45. The van der Waals surface area contributed by atoms with Gasteiger partial charge in [-0.05, 0) is 38.5 Å². The van der Waals surface area contributed by atoms with Crippen molar-refractivity contribution in [1.29, 1.82) is 0 Å². The van der Waals surface area contributed by atoms with Gasteiger partial charge in [-0.1, -0.05) is 19.9 Å². The van der Waals surface area contributed by atoms with Crippen LogP contribution in [0.4, 0.5) is 0 Å². The van der Waals surface area contributed by atoms with Crippen LogP contribution < -0.4 is 5.32 Å². The Morgan fingerprint density at radius 3 is 2.94 bits per heavy atom. The molecular formula is C13H23N3. The lowest BCUT2D eigenvalue weighted by atomic mass is 10.2. The molecule has 1 aromatic heterocycles. The third-order valence-corrected chi connectivity index (χ3v) is 2.46. The number of rotatable bonds is 7. The highest BCUT2D eigenvalue weighted by Crippen LogP contribution is 2.03. The summed E-state index contributed by atoms with van der Waals surface area (Å²) >= 11 is 0. The number of nitrogens with zero attached hydrogens (tertiary/aromatic N) is 2. The molecule has 1 N–H and O–H groups in total. The Balaban J connectivity index is 2.50. The number of hydrogen-bond acceptors (Lipinski definition) is 2. The maximum absolute atomic E-state index is 4.29. The Morgan fingerprint density at radius 1 is 1.44 bits per heavy atom. The summed E-state index contributed by atoms with van der Waals surface area (Å²) in [6.07, 6.45) is 8.49. The Morgan fingerprint density at radius 2 is 2.25 bits per heavy atom. The summed E-state index contributed by atoms with van der Waals surface area (Å²) in [5, 5.41) is 7.72. The summed E-state index contributed by atoms with van der Waals surface area (Å²) < 4.78 is 2.04. The molecule has 1 heterocycles. The SMILES string of the molecule is CCCNC(C)/C=C/c1ccnn1CCC. The van der Waals surface area contributed by atoms with Crippen LogP contribution in [0.25, 0.3) is 6.08 Å². The van der Waals surface area contributed by atoms with Crippen molar-refractivity contribution < 1.29 is 0 Å². The minimum Gasteiger partial charge on any atom is -0.311 e. The molecule has 90 valence electrons. The van der Waals surface area contributed by atoms with Crippen molar-refractivity contribution in [3.8, 4) is 0 Å². The molecule has 1 aromatic rings. The molecule has 1 atom stereocenters. The van der Waals surface area contributed by atoms with E-state index in [1.54, 1.807) is 0 Å². The molecule has 0 aliphatic rings. The van der Waals surface area contributed by atoms with Crippen LogP contribution in [0, 0.1) is 0 Å². The normalized spacial score (nSPS) is 13.4. The Kier molecular flexibility index (Phi) is 5.86. The average molecular weight is 221 g/mol. The van der Waals surface area contributed by atoms with E-state index >= 15 is 0 Å². The summed E-state index contributed by atoms with van der Waals surface area (Å²) in [6.45, 7) is 8.58. The third kappa shape index (κ3) is 4.19. The van der Waals surface area contributed by atoms with Crippen LogP contribution in [0.5, 0.6) is 0 Å². The second-order valence-corrected chi connectivity index (χ2v) is 4.08. The van der Waals surface area contributed by atoms with Gasteiger partial charge in [0.1, 0.15) is 0 Å². The molecule has 0 fully saturated rings. The van der Waals surface area contributed by atoms with Crippen molar-refractivity contribution in [1.82, 2.24) is 15.1 Å². The fourth-order valence-corrected chi connectivity index (χ4v) is 1.57. The maximum Gasteiger partial charge on any atom is 0.0607 e. The molecule has 0 spiro atoms. The van der Waals surface area contributed by atoms with E-state index in [-0.39, 0.29) is 0 Å². The second-order valence-electron chi connectivity index (χ2n) is 4.08. The zero-order chi connectivity index (χ0) is 11.8. The van der Waals surface area contributed by atoms with Gasteiger partial charge in [0.25, 0.3) is 0 Å². The molecule has 0 bridgehead atoms. The van der Waals surface area contributed by atoms with Crippen molar-refractivity contribution >= 4 is 6.08 Å². The van der Waals surface area contributed by atoms with E-state index in [1.165, 1.54) is 12.1 Å². The smallest absolute Gasteiger partial charge is 0.0607 e. The first kappa shape index (κ1) is 13.0. The van der Waals surface area contributed by atoms with Gasteiger partial charge in [0, 0.05) is 18.8 Å². The summed E-state index contributed by atoms with van der Waals surface area (Å²) in [7, 11) is 0. The largest absolute Gasteiger partial charge is 0.311 e. The van der Waals surface area contributed by atoms with Crippen molar-refractivity contribution in [3.63, 3.8) is 0 Å². The lowest BCUT2D eigenvalue weighted by Crippen LogP contribution is -2.24. The number of aromatic nitrogens is 2. The van der Waals surface area contributed by atoms with E-state index in [1.807, 2.05) is 10.9 Å². The predicted molar refractivity (Wildman–Crippen MR) is 69.3 cm³/mol. The van der Waals surface area contributed by atoms with Crippen LogP contribution in [0.3, 0.4) is 0 Å². The number of hydrogen-bond donors (Lipinski definition) is 1. The lowest BCUT2D eigenvalue weighted by Gasteiger charge is -2.08. The quantitative estimate of drug-likeness (QED) is 0.767. The molecule has 0 aliphatic carbocycles. The van der Waals surface area contributed by atoms with Crippen molar-refractivity contribution in [2.75, 3.05) is 6.54 Å². The van der Waals surface area contributed by atoms with Gasteiger partial charge in [-0.2, -0.15) is 5.10 Å². The fourth-order valence-electron chi connectivity index (χ4n) is 1.57. The van der Waals surface area contributed by atoms with Gasteiger partial charge in [0.05, 0.1) is 5.69 Å². The van der Waals surface area contributed by atoms with Gasteiger partial charge >= 0.3 is 0 Å². The maximum atomic E-state index is 4.29. The van der Waals surface area contributed by atoms with Crippen LogP contribution in [0.2, 0.25) is 0 Å². The Hall–Kier alpha value is -1.09. The fraction of sp³-hybridized carbons (Fsp3) is 0.615. The van der Waals surface area contributed by atoms with E-state index < -0.39 is 0 Å². The molecule has 3 heteroatoms. The summed E-state index contributed by atoms with van der Waals surface area (Å²) in [5.41, 5.74) is 1.19. The van der Waals surface area contributed by atoms with Crippen LogP contribution in [-0.4, -0.2) is 22.4 Å². The number of nitrogens with one attached hydrogen (secondary N) is 1. The molecule has 0 amide bonds. The summed E-state index contributed by atoms with van der Waals surface area (Å²) in [5.74, 6) is 0. The summed E-state index contributed by atoms with van der Waals surface area (Å²) in [4.78, 5) is 0. The van der Waals surface area contributed by atoms with Crippen LogP contribution in [-0.2, 0) is 6.54 Å².